The molecule has 1 unspecified atom stereocenters. The van der Waals surface area contributed by atoms with Gasteiger partial charge in [-0.25, -0.2) is 4.39 Å². The Morgan fingerprint density at radius 2 is 1.81 bits per heavy atom. The number of rotatable bonds is 4. The van der Waals surface area contributed by atoms with Crippen molar-refractivity contribution < 1.29 is 18.8 Å². The highest BCUT2D eigenvalue weighted by Gasteiger charge is 2.61. The molecule has 5 rings (SSSR count). The summed E-state index contributed by atoms with van der Waals surface area (Å²) in [6.45, 7) is -0.0971. The smallest absolute Gasteiger partial charge is 0.269 e. The minimum Gasteiger partial charge on any atom is -0.352 e. The summed E-state index contributed by atoms with van der Waals surface area (Å²) in [5.74, 6) is -1.04. The van der Waals surface area contributed by atoms with E-state index in [1.54, 1.807) is 6.07 Å². The van der Waals surface area contributed by atoms with Crippen LogP contribution in [0, 0.1) is 5.82 Å². The molecule has 1 atom stereocenters. The highest BCUT2D eigenvalue weighted by Crippen LogP contribution is 2.55. The predicted octanol–water partition coefficient (Wildman–Crippen LogP) is 3.16. The summed E-state index contributed by atoms with van der Waals surface area (Å²) in [5.41, 5.74) is 1.76. The molecule has 1 N–H and O–H groups in total. The van der Waals surface area contributed by atoms with E-state index in [-0.39, 0.29) is 36.1 Å². The van der Waals surface area contributed by atoms with Gasteiger partial charge in [-0.1, -0.05) is 31.0 Å². The van der Waals surface area contributed by atoms with E-state index in [9.17, 15) is 18.8 Å². The van der Waals surface area contributed by atoms with Gasteiger partial charge < -0.3 is 5.32 Å². The van der Waals surface area contributed by atoms with Crippen molar-refractivity contribution in [2.24, 2.45) is 0 Å². The number of halogens is 1. The van der Waals surface area contributed by atoms with Gasteiger partial charge in [0.2, 0.25) is 16.7 Å². The standard InChI is InChI=1S/C23H22FN3O3S/c24-15-9-11-17(12-10-15)27-21(29)14-31-23(27)18-7-3-4-8-19(18)26(22(23)30)13-20(28)25-16-5-1-2-6-16/h3-4,7-12,16H,1-2,5-6,13-14H2,(H,25,28). The summed E-state index contributed by atoms with van der Waals surface area (Å²) < 4.78 is 13.5. The maximum absolute atomic E-state index is 13.8. The maximum Gasteiger partial charge on any atom is 0.269 e. The van der Waals surface area contributed by atoms with Crippen LogP contribution in [0.2, 0.25) is 0 Å². The average molecular weight is 440 g/mol. The van der Waals surface area contributed by atoms with Crippen LogP contribution >= 0.6 is 11.8 Å². The Labute approximate surface area is 183 Å². The van der Waals surface area contributed by atoms with Gasteiger partial charge in [-0.3, -0.25) is 24.2 Å². The van der Waals surface area contributed by atoms with E-state index in [0.717, 1.165) is 25.7 Å². The summed E-state index contributed by atoms with van der Waals surface area (Å²) in [4.78, 5) is 41.1. The lowest BCUT2D eigenvalue weighted by atomic mass is 10.0. The fourth-order valence-electron chi connectivity index (χ4n) is 4.79. The molecule has 8 heteroatoms. The van der Waals surface area contributed by atoms with E-state index >= 15 is 0 Å². The molecular weight excluding hydrogens is 417 g/mol. The minimum absolute atomic E-state index is 0.0971. The van der Waals surface area contributed by atoms with Crippen LogP contribution in [-0.2, 0) is 19.3 Å². The van der Waals surface area contributed by atoms with Crippen molar-refractivity contribution in [2.45, 2.75) is 36.6 Å². The van der Waals surface area contributed by atoms with E-state index in [4.69, 9.17) is 0 Å². The second-order valence-corrected chi connectivity index (χ2v) is 9.26. The SMILES string of the molecule is O=C(CN1C(=O)C2(SCC(=O)N2c2ccc(F)cc2)c2ccccc21)NC1CCCC1. The molecule has 0 radical (unpaired) electrons. The van der Waals surface area contributed by atoms with Gasteiger partial charge in [-0.05, 0) is 43.2 Å². The third-order valence-corrected chi connectivity index (χ3v) is 7.56. The van der Waals surface area contributed by atoms with E-state index < -0.39 is 10.7 Å². The number of thioether (sulfide) groups is 1. The molecule has 31 heavy (non-hydrogen) atoms. The van der Waals surface area contributed by atoms with Gasteiger partial charge in [0.15, 0.2) is 0 Å². The topological polar surface area (TPSA) is 69.7 Å². The molecule has 0 aromatic heterocycles. The number of fused-ring (bicyclic) bond motifs is 2. The molecule has 2 aromatic carbocycles. The van der Waals surface area contributed by atoms with Crippen molar-refractivity contribution >= 4 is 40.9 Å². The first-order valence-electron chi connectivity index (χ1n) is 10.4. The van der Waals surface area contributed by atoms with Crippen molar-refractivity contribution in [1.82, 2.24) is 5.32 Å². The van der Waals surface area contributed by atoms with Crippen molar-refractivity contribution in [3.63, 3.8) is 0 Å². The molecule has 2 aromatic rings. The zero-order valence-electron chi connectivity index (χ0n) is 16.8. The van der Waals surface area contributed by atoms with Crippen LogP contribution in [0.1, 0.15) is 31.2 Å². The molecule has 3 aliphatic rings. The highest BCUT2D eigenvalue weighted by molar-refractivity contribution is 8.02. The predicted molar refractivity (Wildman–Crippen MR) is 117 cm³/mol. The van der Waals surface area contributed by atoms with Crippen molar-refractivity contribution in [3.8, 4) is 0 Å². The Balaban J connectivity index is 1.51. The Kier molecular flexibility index (Phi) is 4.97. The molecule has 2 fully saturated rings. The molecule has 160 valence electrons. The van der Waals surface area contributed by atoms with Crippen LogP contribution in [0.15, 0.2) is 48.5 Å². The molecule has 1 spiro atoms. The van der Waals surface area contributed by atoms with E-state index in [0.29, 0.717) is 16.9 Å². The summed E-state index contributed by atoms with van der Waals surface area (Å²) >= 11 is 1.24. The van der Waals surface area contributed by atoms with Crippen LogP contribution in [-0.4, -0.2) is 36.1 Å². The van der Waals surface area contributed by atoms with Gasteiger partial charge in [-0.15, -0.1) is 11.8 Å². The monoisotopic (exact) mass is 439 g/mol. The molecule has 2 heterocycles. The molecule has 1 aliphatic carbocycles. The first-order valence-corrected chi connectivity index (χ1v) is 11.4. The number of anilines is 2. The van der Waals surface area contributed by atoms with Gasteiger partial charge in [0.25, 0.3) is 5.91 Å². The zero-order valence-corrected chi connectivity index (χ0v) is 17.7. The third kappa shape index (κ3) is 3.20. The van der Waals surface area contributed by atoms with Crippen LogP contribution in [0.25, 0.3) is 0 Å². The Bertz CT molecular complexity index is 1050. The number of hydrogen-bond acceptors (Lipinski definition) is 4. The summed E-state index contributed by atoms with van der Waals surface area (Å²) in [6, 6.07) is 13.0. The second-order valence-electron chi connectivity index (χ2n) is 8.10. The minimum atomic E-state index is -1.29. The highest BCUT2D eigenvalue weighted by atomic mass is 32.2. The Morgan fingerprint density at radius 3 is 2.55 bits per heavy atom. The first kappa shape index (κ1) is 20.1. The average Bonchev–Trinajstić information content (AvgIpc) is 3.45. The van der Waals surface area contributed by atoms with Gasteiger partial charge in [0.1, 0.15) is 12.4 Å². The van der Waals surface area contributed by atoms with Crippen LogP contribution in [0.3, 0.4) is 0 Å². The molecular formula is C23H22FN3O3S. The number of benzene rings is 2. The number of nitrogens with one attached hydrogen (secondary N) is 1. The molecule has 0 bridgehead atoms. The van der Waals surface area contributed by atoms with Gasteiger partial charge in [0.05, 0.1) is 11.4 Å². The fourth-order valence-corrected chi connectivity index (χ4v) is 6.15. The molecule has 1 saturated heterocycles. The number of carbonyl (C=O) groups is 3. The molecule has 6 nitrogen and oxygen atoms in total. The lowest BCUT2D eigenvalue weighted by molar-refractivity contribution is -0.126. The van der Waals surface area contributed by atoms with Gasteiger partial charge in [0, 0.05) is 17.3 Å². The van der Waals surface area contributed by atoms with Crippen LogP contribution in [0.5, 0.6) is 0 Å². The number of hydrogen-bond donors (Lipinski definition) is 1. The summed E-state index contributed by atoms with van der Waals surface area (Å²) in [7, 11) is 0. The van der Waals surface area contributed by atoms with E-state index in [1.807, 2.05) is 18.2 Å². The molecule has 2 aliphatic heterocycles. The third-order valence-electron chi connectivity index (χ3n) is 6.17. The summed E-state index contributed by atoms with van der Waals surface area (Å²) in [5, 5.41) is 3.03. The first-order chi connectivity index (χ1) is 15.0. The van der Waals surface area contributed by atoms with E-state index in [1.165, 1.54) is 45.8 Å². The fraction of sp³-hybridized carbons (Fsp3) is 0.348. The summed E-state index contributed by atoms with van der Waals surface area (Å²) in [6.07, 6.45) is 4.13. The van der Waals surface area contributed by atoms with Gasteiger partial charge in [-0.2, -0.15) is 0 Å². The molecule has 3 amide bonds. The quantitative estimate of drug-likeness (QED) is 0.795. The normalized spacial score (nSPS) is 23.1. The van der Waals surface area contributed by atoms with Crippen molar-refractivity contribution in [1.29, 1.82) is 0 Å². The number of nitrogens with zero attached hydrogens (tertiary/aromatic N) is 2. The number of carbonyl (C=O) groups excluding carboxylic acids is 3. The van der Waals surface area contributed by atoms with Crippen LogP contribution in [0.4, 0.5) is 15.8 Å². The van der Waals surface area contributed by atoms with Gasteiger partial charge >= 0.3 is 0 Å². The molecule has 1 saturated carbocycles. The lowest BCUT2D eigenvalue weighted by Crippen LogP contribution is -2.51. The van der Waals surface area contributed by atoms with E-state index in [2.05, 4.69) is 5.32 Å². The van der Waals surface area contributed by atoms with Crippen molar-refractivity contribution in [3.05, 3.63) is 59.9 Å². The lowest BCUT2D eigenvalue weighted by Gasteiger charge is -2.33. The largest absolute Gasteiger partial charge is 0.352 e. The maximum atomic E-state index is 13.8. The Morgan fingerprint density at radius 1 is 1.10 bits per heavy atom. The number of amides is 3. The van der Waals surface area contributed by atoms with Crippen molar-refractivity contribution in [2.75, 3.05) is 22.1 Å². The second kappa shape index (κ2) is 7.67. The Hall–Kier alpha value is -2.87. The van der Waals surface area contributed by atoms with Crippen LogP contribution < -0.4 is 15.1 Å². The number of para-hydroxylation sites is 1. The zero-order chi connectivity index (χ0) is 21.6.